The highest BCUT2D eigenvalue weighted by Gasteiger charge is 2.33. The average molecular weight is 326 g/mol. The first-order valence-corrected chi connectivity index (χ1v) is 8.67. The minimum Gasteiger partial charge on any atom is -0.444 e. The Morgan fingerprint density at radius 3 is 2.30 bits per heavy atom. The molecule has 0 aromatic rings. The van der Waals surface area contributed by atoms with E-state index in [1.165, 1.54) is 0 Å². The fraction of sp³-hybridized carbons (Fsp3) is 0.882. The minimum absolute atomic E-state index is 0.00821. The molecule has 2 amide bonds. The summed E-state index contributed by atoms with van der Waals surface area (Å²) in [5.74, 6) is 0.396. The van der Waals surface area contributed by atoms with Crippen LogP contribution in [0.1, 0.15) is 46.5 Å². The summed E-state index contributed by atoms with van der Waals surface area (Å²) in [6.07, 6.45) is 3.06. The molecular formula is C17H30N2O4. The summed E-state index contributed by atoms with van der Waals surface area (Å²) >= 11 is 0. The van der Waals surface area contributed by atoms with Crippen LogP contribution < -0.4 is 0 Å². The fourth-order valence-electron chi connectivity index (χ4n) is 3.31. The van der Waals surface area contributed by atoms with Gasteiger partial charge in [-0.15, -0.1) is 0 Å². The van der Waals surface area contributed by atoms with Gasteiger partial charge >= 0.3 is 6.09 Å². The van der Waals surface area contributed by atoms with Gasteiger partial charge in [0, 0.05) is 38.7 Å². The van der Waals surface area contributed by atoms with Crippen molar-refractivity contribution in [3.63, 3.8) is 0 Å². The SMILES string of the molecule is CC(C)(C)OC(=O)N1CCC(C(=O)N2CCCC(CO)C2)CC1. The van der Waals surface area contributed by atoms with E-state index in [1.807, 2.05) is 25.7 Å². The van der Waals surface area contributed by atoms with Crippen molar-refractivity contribution in [3.05, 3.63) is 0 Å². The number of nitrogens with zero attached hydrogens (tertiary/aromatic N) is 2. The van der Waals surface area contributed by atoms with Crippen LogP contribution in [0.5, 0.6) is 0 Å². The molecule has 1 unspecified atom stereocenters. The number of ether oxygens (including phenoxy) is 1. The lowest BCUT2D eigenvalue weighted by molar-refractivity contribution is -0.139. The number of aliphatic hydroxyl groups excluding tert-OH is 1. The van der Waals surface area contributed by atoms with E-state index in [4.69, 9.17) is 4.74 Å². The number of hydrogen-bond donors (Lipinski definition) is 1. The minimum atomic E-state index is -0.489. The van der Waals surface area contributed by atoms with Crippen molar-refractivity contribution in [2.45, 2.75) is 52.1 Å². The van der Waals surface area contributed by atoms with Crippen LogP contribution in [0.25, 0.3) is 0 Å². The first kappa shape index (κ1) is 18.0. The van der Waals surface area contributed by atoms with Crippen molar-refractivity contribution in [1.82, 2.24) is 9.80 Å². The standard InChI is InChI=1S/C17H30N2O4/c1-17(2,3)23-16(22)18-9-6-14(7-10-18)15(21)19-8-4-5-13(11-19)12-20/h13-14,20H,4-12H2,1-3H3. The van der Waals surface area contributed by atoms with Crippen molar-refractivity contribution >= 4 is 12.0 Å². The maximum absolute atomic E-state index is 12.6. The summed E-state index contributed by atoms with van der Waals surface area (Å²) in [6, 6.07) is 0. The lowest BCUT2D eigenvalue weighted by Crippen LogP contribution is -2.48. The zero-order valence-corrected chi connectivity index (χ0v) is 14.6. The highest BCUT2D eigenvalue weighted by molar-refractivity contribution is 5.79. The predicted octanol–water partition coefficient (Wildman–Crippen LogP) is 1.86. The summed E-state index contributed by atoms with van der Waals surface area (Å²) in [5, 5.41) is 9.29. The number of rotatable bonds is 2. The van der Waals surface area contributed by atoms with E-state index in [2.05, 4.69) is 0 Å². The third-order valence-corrected chi connectivity index (χ3v) is 4.58. The summed E-state index contributed by atoms with van der Waals surface area (Å²) in [7, 11) is 0. The molecule has 6 heteroatoms. The predicted molar refractivity (Wildman–Crippen MR) is 86.9 cm³/mol. The van der Waals surface area contributed by atoms with Crippen LogP contribution >= 0.6 is 0 Å². The number of amides is 2. The summed E-state index contributed by atoms with van der Waals surface area (Å²) < 4.78 is 5.38. The molecule has 2 aliphatic heterocycles. The van der Waals surface area contributed by atoms with Crippen LogP contribution in [0.3, 0.4) is 0 Å². The molecular weight excluding hydrogens is 296 g/mol. The van der Waals surface area contributed by atoms with Gasteiger partial charge in [-0.3, -0.25) is 4.79 Å². The number of aliphatic hydroxyl groups is 1. The Kier molecular flexibility index (Phi) is 5.89. The molecule has 6 nitrogen and oxygen atoms in total. The van der Waals surface area contributed by atoms with Crippen molar-refractivity contribution < 1.29 is 19.4 Å². The van der Waals surface area contributed by atoms with Crippen LogP contribution in [-0.2, 0) is 9.53 Å². The average Bonchev–Trinajstić information content (AvgIpc) is 2.53. The molecule has 0 aromatic heterocycles. The fourth-order valence-corrected chi connectivity index (χ4v) is 3.31. The lowest BCUT2D eigenvalue weighted by Gasteiger charge is -2.37. The van der Waals surface area contributed by atoms with Gasteiger partial charge in [-0.1, -0.05) is 0 Å². The highest BCUT2D eigenvalue weighted by atomic mass is 16.6. The largest absolute Gasteiger partial charge is 0.444 e. The zero-order valence-electron chi connectivity index (χ0n) is 14.6. The molecule has 0 aliphatic carbocycles. The molecule has 132 valence electrons. The summed E-state index contributed by atoms with van der Waals surface area (Å²) in [6.45, 7) is 8.33. The molecule has 0 radical (unpaired) electrons. The zero-order chi connectivity index (χ0) is 17.0. The topological polar surface area (TPSA) is 70.1 Å². The van der Waals surface area contributed by atoms with Gasteiger partial charge in [-0.2, -0.15) is 0 Å². The Balaban J connectivity index is 1.82. The van der Waals surface area contributed by atoms with Crippen molar-refractivity contribution in [2.75, 3.05) is 32.8 Å². The maximum atomic E-state index is 12.6. The first-order chi connectivity index (χ1) is 10.8. The molecule has 1 atom stereocenters. The molecule has 2 saturated heterocycles. The van der Waals surface area contributed by atoms with Crippen molar-refractivity contribution in [3.8, 4) is 0 Å². The van der Waals surface area contributed by atoms with E-state index in [0.717, 1.165) is 19.4 Å². The van der Waals surface area contributed by atoms with E-state index in [0.29, 0.717) is 32.5 Å². The molecule has 2 rings (SSSR count). The second kappa shape index (κ2) is 7.51. The normalized spacial score (nSPS) is 23.7. The van der Waals surface area contributed by atoms with Gasteiger partial charge in [0.05, 0.1) is 0 Å². The van der Waals surface area contributed by atoms with E-state index < -0.39 is 5.60 Å². The Morgan fingerprint density at radius 2 is 1.74 bits per heavy atom. The highest BCUT2D eigenvalue weighted by Crippen LogP contribution is 2.24. The van der Waals surface area contributed by atoms with E-state index in [1.54, 1.807) is 4.90 Å². The van der Waals surface area contributed by atoms with Gasteiger partial charge < -0.3 is 19.6 Å². The number of piperidine rings is 2. The van der Waals surface area contributed by atoms with Gasteiger partial charge in [0.2, 0.25) is 5.91 Å². The third-order valence-electron chi connectivity index (χ3n) is 4.58. The second-order valence-corrected chi connectivity index (χ2v) is 7.72. The molecule has 0 aromatic carbocycles. The number of hydrogen-bond acceptors (Lipinski definition) is 4. The molecule has 1 N–H and O–H groups in total. The van der Waals surface area contributed by atoms with Gasteiger partial charge in [-0.05, 0) is 52.4 Å². The molecule has 23 heavy (non-hydrogen) atoms. The monoisotopic (exact) mass is 326 g/mol. The summed E-state index contributed by atoms with van der Waals surface area (Å²) in [5.41, 5.74) is -0.489. The van der Waals surface area contributed by atoms with Gasteiger partial charge in [0.25, 0.3) is 0 Å². The Morgan fingerprint density at radius 1 is 1.09 bits per heavy atom. The van der Waals surface area contributed by atoms with Crippen LogP contribution in [0.15, 0.2) is 0 Å². The number of carbonyl (C=O) groups is 2. The van der Waals surface area contributed by atoms with E-state index >= 15 is 0 Å². The molecule has 0 saturated carbocycles. The van der Waals surface area contributed by atoms with Crippen molar-refractivity contribution in [2.24, 2.45) is 11.8 Å². The van der Waals surface area contributed by atoms with Gasteiger partial charge in [0.15, 0.2) is 0 Å². The molecule has 2 aliphatic rings. The van der Waals surface area contributed by atoms with Crippen LogP contribution in [-0.4, -0.2) is 65.3 Å². The molecule has 0 spiro atoms. The molecule has 2 heterocycles. The first-order valence-electron chi connectivity index (χ1n) is 8.67. The Hall–Kier alpha value is -1.30. The van der Waals surface area contributed by atoms with Crippen LogP contribution in [0.4, 0.5) is 4.79 Å². The quantitative estimate of drug-likeness (QED) is 0.841. The van der Waals surface area contributed by atoms with E-state index in [9.17, 15) is 14.7 Å². The van der Waals surface area contributed by atoms with Crippen LogP contribution in [0, 0.1) is 11.8 Å². The third kappa shape index (κ3) is 5.09. The smallest absolute Gasteiger partial charge is 0.410 e. The number of carbonyl (C=O) groups excluding carboxylic acids is 2. The second-order valence-electron chi connectivity index (χ2n) is 7.72. The van der Waals surface area contributed by atoms with Gasteiger partial charge in [-0.25, -0.2) is 4.79 Å². The Bertz CT molecular complexity index is 425. The van der Waals surface area contributed by atoms with E-state index in [-0.39, 0.29) is 30.4 Å². The molecule has 2 fully saturated rings. The molecule has 0 bridgehead atoms. The summed E-state index contributed by atoms with van der Waals surface area (Å²) in [4.78, 5) is 28.3. The van der Waals surface area contributed by atoms with Gasteiger partial charge in [0.1, 0.15) is 5.60 Å². The maximum Gasteiger partial charge on any atom is 0.410 e. The lowest BCUT2D eigenvalue weighted by atomic mass is 9.92. The van der Waals surface area contributed by atoms with Crippen LogP contribution in [0.2, 0.25) is 0 Å². The number of likely N-dealkylation sites (tertiary alicyclic amines) is 2. The Labute approximate surface area is 138 Å². The van der Waals surface area contributed by atoms with Crippen molar-refractivity contribution in [1.29, 1.82) is 0 Å².